The smallest absolute Gasteiger partial charge is 0.220 e. The molecule has 0 aromatic rings. The molecule has 17 heavy (non-hydrogen) atoms. The minimum atomic E-state index is 0.147. The Balaban J connectivity index is 2.30. The third-order valence-corrected chi connectivity index (χ3v) is 4.14. The van der Waals surface area contributed by atoms with E-state index in [4.69, 9.17) is 5.73 Å². The van der Waals surface area contributed by atoms with Crippen LogP contribution in [-0.4, -0.2) is 19.0 Å². The van der Waals surface area contributed by atoms with Crippen LogP contribution in [0, 0.1) is 17.3 Å². The van der Waals surface area contributed by atoms with Crippen LogP contribution in [-0.2, 0) is 4.79 Å². The van der Waals surface area contributed by atoms with Crippen LogP contribution in [0.15, 0.2) is 0 Å². The van der Waals surface area contributed by atoms with E-state index in [-0.39, 0.29) is 17.2 Å². The zero-order valence-corrected chi connectivity index (χ0v) is 11.6. The molecule has 0 aromatic carbocycles. The summed E-state index contributed by atoms with van der Waals surface area (Å²) in [4.78, 5) is 11.7. The topological polar surface area (TPSA) is 55.1 Å². The molecule has 1 unspecified atom stereocenters. The number of hydrogen-bond acceptors (Lipinski definition) is 2. The maximum Gasteiger partial charge on any atom is 0.220 e. The van der Waals surface area contributed by atoms with Gasteiger partial charge in [0.25, 0.3) is 0 Å². The van der Waals surface area contributed by atoms with Gasteiger partial charge in [0.1, 0.15) is 0 Å². The SMILES string of the molecule is CC(CN)CC(=O)NCC(C)(C)C1CCCC1. The van der Waals surface area contributed by atoms with E-state index in [0.717, 1.165) is 12.5 Å². The predicted octanol–water partition coefficient (Wildman–Crippen LogP) is 2.30. The summed E-state index contributed by atoms with van der Waals surface area (Å²) in [5.74, 6) is 1.20. The van der Waals surface area contributed by atoms with Crippen LogP contribution in [0.1, 0.15) is 52.9 Å². The second-order valence-electron chi connectivity index (χ2n) is 6.29. The molecule has 0 bridgehead atoms. The molecule has 3 nitrogen and oxygen atoms in total. The van der Waals surface area contributed by atoms with E-state index in [1.54, 1.807) is 0 Å². The molecule has 3 N–H and O–H groups in total. The molecule has 0 aliphatic heterocycles. The minimum absolute atomic E-state index is 0.147. The number of nitrogens with two attached hydrogens (primary N) is 1. The van der Waals surface area contributed by atoms with E-state index < -0.39 is 0 Å². The first kappa shape index (κ1) is 14.5. The number of carbonyl (C=O) groups is 1. The highest BCUT2D eigenvalue weighted by atomic mass is 16.1. The standard InChI is InChI=1S/C14H28N2O/c1-11(9-15)8-13(17)16-10-14(2,3)12-6-4-5-7-12/h11-12H,4-10,15H2,1-3H3,(H,16,17). The molecule has 0 radical (unpaired) electrons. The van der Waals surface area contributed by atoms with Crippen molar-refractivity contribution in [3.05, 3.63) is 0 Å². The first-order valence-electron chi connectivity index (χ1n) is 6.92. The van der Waals surface area contributed by atoms with Gasteiger partial charge in [-0.05, 0) is 36.6 Å². The molecular formula is C14H28N2O. The van der Waals surface area contributed by atoms with E-state index in [0.29, 0.717) is 13.0 Å². The number of carbonyl (C=O) groups excluding carboxylic acids is 1. The Morgan fingerprint density at radius 2 is 2.00 bits per heavy atom. The van der Waals surface area contributed by atoms with Gasteiger partial charge in [0, 0.05) is 13.0 Å². The van der Waals surface area contributed by atoms with Gasteiger partial charge in [-0.3, -0.25) is 4.79 Å². The summed E-state index contributed by atoms with van der Waals surface area (Å²) in [5.41, 5.74) is 5.76. The largest absolute Gasteiger partial charge is 0.356 e. The quantitative estimate of drug-likeness (QED) is 0.748. The Kier molecular flexibility index (Phi) is 5.44. The van der Waals surface area contributed by atoms with Crippen LogP contribution in [0.4, 0.5) is 0 Å². The fourth-order valence-corrected chi connectivity index (χ4v) is 2.65. The van der Waals surface area contributed by atoms with Crippen molar-refractivity contribution in [2.24, 2.45) is 23.0 Å². The molecule has 0 saturated heterocycles. The molecule has 1 aliphatic carbocycles. The summed E-state index contributed by atoms with van der Waals surface area (Å²) >= 11 is 0. The van der Waals surface area contributed by atoms with Crippen molar-refractivity contribution in [2.45, 2.75) is 52.9 Å². The van der Waals surface area contributed by atoms with E-state index in [2.05, 4.69) is 19.2 Å². The van der Waals surface area contributed by atoms with Crippen LogP contribution in [0.3, 0.4) is 0 Å². The van der Waals surface area contributed by atoms with Crippen LogP contribution < -0.4 is 11.1 Å². The van der Waals surface area contributed by atoms with Crippen LogP contribution in [0.2, 0.25) is 0 Å². The zero-order valence-electron chi connectivity index (χ0n) is 11.6. The molecular weight excluding hydrogens is 212 g/mol. The Morgan fingerprint density at radius 1 is 1.41 bits per heavy atom. The number of hydrogen-bond donors (Lipinski definition) is 2. The first-order chi connectivity index (χ1) is 7.95. The van der Waals surface area contributed by atoms with Gasteiger partial charge in [0.2, 0.25) is 5.91 Å². The predicted molar refractivity (Wildman–Crippen MR) is 71.6 cm³/mol. The fraction of sp³-hybridized carbons (Fsp3) is 0.929. The first-order valence-corrected chi connectivity index (χ1v) is 6.92. The molecule has 0 heterocycles. The van der Waals surface area contributed by atoms with Crippen molar-refractivity contribution in [3.8, 4) is 0 Å². The highest BCUT2D eigenvalue weighted by molar-refractivity contribution is 5.76. The summed E-state index contributed by atoms with van der Waals surface area (Å²) < 4.78 is 0. The molecule has 1 saturated carbocycles. The molecule has 1 amide bonds. The van der Waals surface area contributed by atoms with Crippen molar-refractivity contribution in [2.75, 3.05) is 13.1 Å². The van der Waals surface area contributed by atoms with Gasteiger partial charge in [0.05, 0.1) is 0 Å². The summed E-state index contributed by atoms with van der Waals surface area (Å²) in [7, 11) is 0. The summed E-state index contributed by atoms with van der Waals surface area (Å²) in [6, 6.07) is 0. The van der Waals surface area contributed by atoms with Gasteiger partial charge in [-0.25, -0.2) is 0 Å². The maximum atomic E-state index is 11.7. The average molecular weight is 240 g/mol. The van der Waals surface area contributed by atoms with Crippen LogP contribution >= 0.6 is 0 Å². The second-order valence-corrected chi connectivity index (χ2v) is 6.29. The summed E-state index contributed by atoms with van der Waals surface area (Å²) in [5, 5.41) is 3.07. The molecule has 1 fully saturated rings. The highest BCUT2D eigenvalue weighted by Crippen LogP contribution is 2.38. The van der Waals surface area contributed by atoms with Crippen LogP contribution in [0.5, 0.6) is 0 Å². The molecule has 3 heteroatoms. The van der Waals surface area contributed by atoms with Crippen molar-refractivity contribution in [3.63, 3.8) is 0 Å². The van der Waals surface area contributed by atoms with Crippen molar-refractivity contribution < 1.29 is 4.79 Å². The lowest BCUT2D eigenvalue weighted by Gasteiger charge is -2.32. The Bertz CT molecular complexity index is 245. The van der Waals surface area contributed by atoms with Gasteiger partial charge in [-0.2, -0.15) is 0 Å². The third-order valence-electron chi connectivity index (χ3n) is 4.14. The van der Waals surface area contributed by atoms with E-state index in [9.17, 15) is 4.79 Å². The molecule has 0 aromatic heterocycles. The Morgan fingerprint density at radius 3 is 2.53 bits per heavy atom. The van der Waals surface area contributed by atoms with Gasteiger partial charge < -0.3 is 11.1 Å². The summed E-state index contributed by atoms with van der Waals surface area (Å²) in [6.07, 6.45) is 5.90. The molecule has 0 spiro atoms. The Hall–Kier alpha value is -0.570. The lowest BCUT2D eigenvalue weighted by Crippen LogP contribution is -2.38. The normalized spacial score (nSPS) is 19.3. The lowest BCUT2D eigenvalue weighted by atomic mass is 9.77. The van der Waals surface area contributed by atoms with E-state index >= 15 is 0 Å². The molecule has 100 valence electrons. The second kappa shape index (κ2) is 6.39. The minimum Gasteiger partial charge on any atom is -0.356 e. The van der Waals surface area contributed by atoms with Crippen molar-refractivity contribution >= 4 is 5.91 Å². The van der Waals surface area contributed by atoms with E-state index in [1.807, 2.05) is 6.92 Å². The number of nitrogens with one attached hydrogen (secondary N) is 1. The van der Waals surface area contributed by atoms with Gasteiger partial charge >= 0.3 is 0 Å². The molecule has 1 atom stereocenters. The molecule has 1 aliphatic rings. The third kappa shape index (κ3) is 4.66. The number of rotatable bonds is 6. The Labute approximate surface area is 106 Å². The lowest BCUT2D eigenvalue weighted by molar-refractivity contribution is -0.122. The highest BCUT2D eigenvalue weighted by Gasteiger charge is 2.31. The van der Waals surface area contributed by atoms with Crippen molar-refractivity contribution in [1.82, 2.24) is 5.32 Å². The number of amides is 1. The van der Waals surface area contributed by atoms with Gasteiger partial charge in [-0.15, -0.1) is 0 Å². The average Bonchev–Trinajstić information content (AvgIpc) is 2.80. The van der Waals surface area contributed by atoms with Gasteiger partial charge in [-0.1, -0.05) is 33.6 Å². The zero-order chi connectivity index (χ0) is 12.9. The summed E-state index contributed by atoms with van der Waals surface area (Å²) in [6.45, 7) is 7.94. The van der Waals surface area contributed by atoms with E-state index in [1.165, 1.54) is 25.7 Å². The van der Waals surface area contributed by atoms with Crippen LogP contribution in [0.25, 0.3) is 0 Å². The monoisotopic (exact) mass is 240 g/mol. The fourth-order valence-electron chi connectivity index (χ4n) is 2.65. The maximum absolute atomic E-state index is 11.7. The van der Waals surface area contributed by atoms with Crippen molar-refractivity contribution in [1.29, 1.82) is 0 Å². The van der Waals surface area contributed by atoms with Gasteiger partial charge in [0.15, 0.2) is 0 Å². The molecule has 1 rings (SSSR count).